The summed E-state index contributed by atoms with van der Waals surface area (Å²) in [4.78, 5) is 0. The Morgan fingerprint density at radius 1 is 1.41 bits per heavy atom. The molecule has 1 atom stereocenters. The molecule has 2 rings (SSSR count). The predicted molar refractivity (Wildman–Crippen MR) is 68.3 cm³/mol. The molecule has 94 valence electrons. The zero-order valence-corrected chi connectivity index (χ0v) is 11.3. The second-order valence-electron chi connectivity index (χ2n) is 4.11. The minimum Gasteiger partial charge on any atom is -0.454 e. The van der Waals surface area contributed by atoms with E-state index in [2.05, 4.69) is 21.2 Å². The van der Waals surface area contributed by atoms with Crippen molar-refractivity contribution in [1.82, 2.24) is 5.32 Å². The summed E-state index contributed by atoms with van der Waals surface area (Å²) in [7, 11) is 0. The van der Waals surface area contributed by atoms with E-state index in [0.29, 0.717) is 6.79 Å². The quantitative estimate of drug-likeness (QED) is 0.817. The summed E-state index contributed by atoms with van der Waals surface area (Å²) < 4.78 is 11.6. The van der Waals surface area contributed by atoms with Gasteiger partial charge < -0.3 is 19.9 Å². The standard InChI is InChI=1S/C12H16BrNO3/c1-8(15)2-3-14-6-9-4-11-12(5-10(9)13)17-7-16-11/h4-5,8,14-15H,2-3,6-7H2,1H3. The van der Waals surface area contributed by atoms with Gasteiger partial charge in [0.05, 0.1) is 6.10 Å². The molecule has 5 heteroatoms. The zero-order chi connectivity index (χ0) is 12.3. The van der Waals surface area contributed by atoms with E-state index in [-0.39, 0.29) is 6.10 Å². The summed E-state index contributed by atoms with van der Waals surface area (Å²) in [6, 6.07) is 3.90. The topological polar surface area (TPSA) is 50.7 Å². The number of fused-ring (bicyclic) bond motifs is 1. The van der Waals surface area contributed by atoms with Crippen molar-refractivity contribution < 1.29 is 14.6 Å². The smallest absolute Gasteiger partial charge is 0.231 e. The molecule has 0 aromatic heterocycles. The van der Waals surface area contributed by atoms with Gasteiger partial charge in [-0.05, 0) is 37.6 Å². The van der Waals surface area contributed by atoms with Gasteiger partial charge in [-0.1, -0.05) is 15.9 Å². The Morgan fingerprint density at radius 2 is 2.12 bits per heavy atom. The van der Waals surface area contributed by atoms with E-state index in [1.807, 2.05) is 12.1 Å². The summed E-state index contributed by atoms with van der Waals surface area (Å²) in [6.45, 7) is 3.61. The van der Waals surface area contributed by atoms with Gasteiger partial charge in [0.1, 0.15) is 0 Å². The van der Waals surface area contributed by atoms with Crippen LogP contribution >= 0.6 is 15.9 Å². The molecule has 4 nitrogen and oxygen atoms in total. The lowest BCUT2D eigenvalue weighted by Crippen LogP contribution is -2.18. The third-order valence-electron chi connectivity index (χ3n) is 2.60. The van der Waals surface area contributed by atoms with E-state index in [0.717, 1.165) is 41.0 Å². The minimum absolute atomic E-state index is 0.261. The zero-order valence-electron chi connectivity index (χ0n) is 9.70. The molecule has 0 amide bonds. The average molecular weight is 302 g/mol. The van der Waals surface area contributed by atoms with Gasteiger partial charge in [-0.25, -0.2) is 0 Å². The lowest BCUT2D eigenvalue weighted by Gasteiger charge is -2.09. The van der Waals surface area contributed by atoms with Gasteiger partial charge in [0.25, 0.3) is 0 Å². The van der Waals surface area contributed by atoms with Gasteiger partial charge in [0.2, 0.25) is 6.79 Å². The molecule has 1 heterocycles. The Morgan fingerprint density at radius 3 is 2.82 bits per heavy atom. The summed E-state index contributed by atoms with van der Waals surface area (Å²) in [5, 5.41) is 12.4. The highest BCUT2D eigenvalue weighted by Gasteiger charge is 2.15. The Labute approximate surface area is 109 Å². The minimum atomic E-state index is -0.261. The maximum atomic E-state index is 9.15. The van der Waals surface area contributed by atoms with Crippen LogP contribution < -0.4 is 14.8 Å². The van der Waals surface area contributed by atoms with E-state index in [1.54, 1.807) is 6.92 Å². The molecule has 0 saturated carbocycles. The van der Waals surface area contributed by atoms with Crippen LogP contribution in [0, 0.1) is 0 Å². The SMILES string of the molecule is CC(O)CCNCc1cc2c(cc1Br)OCO2. The number of benzene rings is 1. The molecule has 1 aliphatic heterocycles. The molecular formula is C12H16BrNO3. The van der Waals surface area contributed by atoms with E-state index in [1.165, 1.54) is 0 Å². The number of aliphatic hydroxyl groups excluding tert-OH is 1. The Kier molecular flexibility index (Phi) is 4.25. The van der Waals surface area contributed by atoms with Gasteiger partial charge in [0.15, 0.2) is 11.5 Å². The average Bonchev–Trinajstić information content (AvgIpc) is 2.71. The molecule has 0 radical (unpaired) electrons. The molecule has 0 fully saturated rings. The third kappa shape index (κ3) is 3.34. The van der Waals surface area contributed by atoms with Crippen molar-refractivity contribution in [2.24, 2.45) is 0 Å². The van der Waals surface area contributed by atoms with Crippen molar-refractivity contribution in [1.29, 1.82) is 0 Å². The van der Waals surface area contributed by atoms with Crippen molar-refractivity contribution >= 4 is 15.9 Å². The highest BCUT2D eigenvalue weighted by molar-refractivity contribution is 9.10. The van der Waals surface area contributed by atoms with Crippen LogP contribution in [0.4, 0.5) is 0 Å². The van der Waals surface area contributed by atoms with E-state index < -0.39 is 0 Å². The number of rotatable bonds is 5. The monoisotopic (exact) mass is 301 g/mol. The van der Waals surface area contributed by atoms with Crippen LogP contribution in [0.15, 0.2) is 16.6 Å². The maximum absolute atomic E-state index is 9.15. The molecule has 17 heavy (non-hydrogen) atoms. The molecule has 2 N–H and O–H groups in total. The van der Waals surface area contributed by atoms with Gasteiger partial charge in [-0.15, -0.1) is 0 Å². The molecule has 0 spiro atoms. The number of hydrogen-bond donors (Lipinski definition) is 2. The first kappa shape index (κ1) is 12.7. The van der Waals surface area contributed by atoms with Gasteiger partial charge in [0, 0.05) is 11.0 Å². The largest absolute Gasteiger partial charge is 0.454 e. The van der Waals surface area contributed by atoms with Crippen LogP contribution in [0.3, 0.4) is 0 Å². The van der Waals surface area contributed by atoms with Gasteiger partial charge in [-0.2, -0.15) is 0 Å². The van der Waals surface area contributed by atoms with Crippen molar-refractivity contribution in [2.75, 3.05) is 13.3 Å². The first-order chi connectivity index (χ1) is 8.16. The first-order valence-electron chi connectivity index (χ1n) is 5.63. The molecule has 0 bridgehead atoms. The Hall–Kier alpha value is -0.780. The number of hydrogen-bond acceptors (Lipinski definition) is 4. The number of halogens is 1. The first-order valence-corrected chi connectivity index (χ1v) is 6.43. The number of nitrogens with one attached hydrogen (secondary N) is 1. The third-order valence-corrected chi connectivity index (χ3v) is 3.33. The molecule has 1 aromatic carbocycles. The summed E-state index contributed by atoms with van der Waals surface area (Å²) in [5.41, 5.74) is 1.12. The van der Waals surface area contributed by atoms with Crippen LogP contribution in [0.25, 0.3) is 0 Å². The number of aliphatic hydroxyl groups is 1. The fourth-order valence-electron chi connectivity index (χ4n) is 1.63. The van der Waals surface area contributed by atoms with E-state index in [9.17, 15) is 0 Å². The Bertz CT molecular complexity index is 396. The molecule has 1 aromatic rings. The molecule has 1 aliphatic rings. The fourth-order valence-corrected chi connectivity index (χ4v) is 2.09. The van der Waals surface area contributed by atoms with Crippen LogP contribution in [0.1, 0.15) is 18.9 Å². The van der Waals surface area contributed by atoms with Crippen LogP contribution in [0.2, 0.25) is 0 Å². The molecule has 0 saturated heterocycles. The van der Waals surface area contributed by atoms with Crippen molar-refractivity contribution in [3.8, 4) is 11.5 Å². The van der Waals surface area contributed by atoms with Crippen LogP contribution in [0.5, 0.6) is 11.5 Å². The highest BCUT2D eigenvalue weighted by atomic mass is 79.9. The summed E-state index contributed by atoms with van der Waals surface area (Å²) >= 11 is 3.51. The van der Waals surface area contributed by atoms with Crippen LogP contribution in [-0.2, 0) is 6.54 Å². The van der Waals surface area contributed by atoms with Gasteiger partial charge >= 0.3 is 0 Å². The summed E-state index contributed by atoms with van der Waals surface area (Å²) in [5.74, 6) is 1.57. The molecular weight excluding hydrogens is 286 g/mol. The van der Waals surface area contributed by atoms with Crippen molar-refractivity contribution in [3.63, 3.8) is 0 Å². The van der Waals surface area contributed by atoms with Crippen LogP contribution in [-0.4, -0.2) is 24.5 Å². The van der Waals surface area contributed by atoms with Crippen molar-refractivity contribution in [3.05, 3.63) is 22.2 Å². The highest BCUT2D eigenvalue weighted by Crippen LogP contribution is 2.36. The second kappa shape index (κ2) is 5.71. The number of ether oxygens (including phenoxy) is 2. The van der Waals surface area contributed by atoms with Gasteiger partial charge in [-0.3, -0.25) is 0 Å². The summed E-state index contributed by atoms with van der Waals surface area (Å²) in [6.07, 6.45) is 0.491. The predicted octanol–water partition coefficient (Wildman–Crippen LogP) is 2.04. The lowest BCUT2D eigenvalue weighted by atomic mass is 10.2. The van der Waals surface area contributed by atoms with Crippen molar-refractivity contribution in [2.45, 2.75) is 26.0 Å². The van der Waals surface area contributed by atoms with E-state index >= 15 is 0 Å². The maximum Gasteiger partial charge on any atom is 0.231 e. The molecule has 1 unspecified atom stereocenters. The fraction of sp³-hybridized carbons (Fsp3) is 0.500. The lowest BCUT2D eigenvalue weighted by molar-refractivity contribution is 0.174. The molecule has 0 aliphatic carbocycles. The Balaban J connectivity index is 1.92. The normalized spacial score (nSPS) is 15.0. The van der Waals surface area contributed by atoms with E-state index in [4.69, 9.17) is 14.6 Å². The second-order valence-corrected chi connectivity index (χ2v) is 4.97.